The molecule has 34 heavy (non-hydrogen) atoms. The zero-order valence-corrected chi connectivity index (χ0v) is 20.8. The number of esters is 1. The van der Waals surface area contributed by atoms with E-state index in [1.807, 2.05) is 32.9 Å². The topological polar surface area (TPSA) is 110 Å². The van der Waals surface area contributed by atoms with E-state index in [-0.39, 0.29) is 12.7 Å². The molecular weight excluding hydrogens is 438 g/mol. The fourth-order valence-corrected chi connectivity index (χ4v) is 3.34. The van der Waals surface area contributed by atoms with E-state index >= 15 is 0 Å². The van der Waals surface area contributed by atoms with Gasteiger partial charge in [0.15, 0.2) is 6.10 Å². The van der Waals surface area contributed by atoms with Crippen molar-refractivity contribution >= 4 is 28.7 Å². The number of pyridine rings is 1. The Bertz CT molecular complexity index is 1020. The van der Waals surface area contributed by atoms with Crippen LogP contribution in [0, 0.1) is 5.92 Å². The van der Waals surface area contributed by atoms with Crippen LogP contribution in [0.5, 0.6) is 5.75 Å². The Morgan fingerprint density at radius 1 is 1.09 bits per heavy atom. The first kappa shape index (κ1) is 25.6. The average Bonchev–Trinajstić information content (AvgIpc) is 2.68. The molecule has 186 valence electrons. The highest BCUT2D eigenvalue weighted by molar-refractivity contribution is 5.85. The highest BCUT2D eigenvalue weighted by Gasteiger charge is 2.33. The van der Waals surface area contributed by atoms with E-state index in [9.17, 15) is 14.7 Å². The third-order valence-electron chi connectivity index (χ3n) is 4.96. The van der Waals surface area contributed by atoms with Crippen LogP contribution >= 0.6 is 0 Å². The summed E-state index contributed by atoms with van der Waals surface area (Å²) >= 11 is 0. The molecule has 1 saturated heterocycles. The Kier molecular flexibility index (Phi) is 7.55. The summed E-state index contributed by atoms with van der Waals surface area (Å²) in [7, 11) is 0. The number of hydrogen-bond acceptors (Lipinski definition) is 8. The highest BCUT2D eigenvalue weighted by atomic mass is 16.6. The molecule has 1 fully saturated rings. The van der Waals surface area contributed by atoms with Crippen LogP contribution in [-0.4, -0.2) is 70.6 Å². The maximum Gasteiger partial charge on any atom is 0.410 e. The Balaban J connectivity index is 1.47. The SMILES string of the molecule is CC(C)(C)OC(=O)[C@H](O)COc1ccc2cc(NCC3CN(C(=O)OC(C)(C)C)C3)ncc2c1. The number of benzene rings is 1. The lowest BCUT2D eigenvalue weighted by molar-refractivity contribution is -0.166. The summed E-state index contributed by atoms with van der Waals surface area (Å²) in [5.74, 6) is 0.898. The molecule has 0 aliphatic carbocycles. The Hall–Kier alpha value is -3.07. The molecule has 1 aromatic carbocycles. The fourth-order valence-electron chi connectivity index (χ4n) is 3.34. The van der Waals surface area contributed by atoms with E-state index in [4.69, 9.17) is 14.2 Å². The number of rotatable bonds is 7. The van der Waals surface area contributed by atoms with E-state index < -0.39 is 23.3 Å². The van der Waals surface area contributed by atoms with Gasteiger partial charge in [0.2, 0.25) is 0 Å². The molecule has 0 unspecified atom stereocenters. The lowest BCUT2D eigenvalue weighted by Crippen LogP contribution is -2.53. The molecule has 1 aromatic heterocycles. The number of nitrogens with one attached hydrogen (secondary N) is 1. The normalized spacial score (nSPS) is 15.4. The standard InChI is InChI=1S/C25H35N3O6/c1-24(2,3)33-22(30)20(29)15-32-19-8-7-17-10-21(27-12-18(17)9-19)26-11-16-13-28(14-16)23(31)34-25(4,5)6/h7-10,12,16,20,29H,11,13-15H2,1-6H3,(H,26,27)/t20-/m1/s1. The van der Waals surface area contributed by atoms with Crippen LogP contribution in [0.25, 0.3) is 10.8 Å². The predicted molar refractivity (Wildman–Crippen MR) is 129 cm³/mol. The number of hydrogen-bond donors (Lipinski definition) is 2. The van der Waals surface area contributed by atoms with Gasteiger partial charge in [-0.1, -0.05) is 6.07 Å². The number of carbonyl (C=O) groups is 2. The van der Waals surface area contributed by atoms with Gasteiger partial charge >= 0.3 is 12.1 Å². The van der Waals surface area contributed by atoms with Crippen molar-refractivity contribution < 1.29 is 28.9 Å². The van der Waals surface area contributed by atoms with Crippen LogP contribution in [0.15, 0.2) is 30.5 Å². The number of fused-ring (bicyclic) bond motifs is 1. The minimum absolute atomic E-state index is 0.199. The molecule has 3 rings (SSSR count). The first-order chi connectivity index (χ1) is 15.8. The van der Waals surface area contributed by atoms with Gasteiger partial charge in [-0.3, -0.25) is 0 Å². The van der Waals surface area contributed by atoms with Crippen molar-refractivity contribution in [1.29, 1.82) is 0 Å². The molecule has 9 heteroatoms. The Morgan fingerprint density at radius 2 is 1.76 bits per heavy atom. The highest BCUT2D eigenvalue weighted by Crippen LogP contribution is 2.24. The van der Waals surface area contributed by atoms with Crippen LogP contribution in [-0.2, 0) is 14.3 Å². The van der Waals surface area contributed by atoms with E-state index in [2.05, 4.69) is 10.3 Å². The lowest BCUT2D eigenvalue weighted by atomic mass is 10.0. The van der Waals surface area contributed by atoms with Crippen molar-refractivity contribution in [3.63, 3.8) is 0 Å². The van der Waals surface area contributed by atoms with E-state index in [1.165, 1.54) is 0 Å². The second-order valence-electron chi connectivity index (χ2n) is 10.6. The van der Waals surface area contributed by atoms with Gasteiger partial charge < -0.3 is 29.5 Å². The second-order valence-corrected chi connectivity index (χ2v) is 10.6. The molecule has 0 radical (unpaired) electrons. The molecule has 1 atom stereocenters. The zero-order valence-electron chi connectivity index (χ0n) is 20.8. The molecule has 0 saturated carbocycles. The number of aromatic nitrogens is 1. The third-order valence-corrected chi connectivity index (χ3v) is 4.96. The van der Waals surface area contributed by atoms with Gasteiger partial charge in [0, 0.05) is 37.1 Å². The van der Waals surface area contributed by atoms with Crippen molar-refractivity contribution in [1.82, 2.24) is 9.88 Å². The summed E-state index contributed by atoms with van der Waals surface area (Å²) < 4.78 is 16.1. The van der Waals surface area contributed by atoms with Gasteiger partial charge in [0.25, 0.3) is 0 Å². The van der Waals surface area contributed by atoms with Crippen molar-refractivity contribution in [2.45, 2.75) is 58.8 Å². The smallest absolute Gasteiger partial charge is 0.410 e. The minimum Gasteiger partial charge on any atom is -0.490 e. The monoisotopic (exact) mass is 473 g/mol. The van der Waals surface area contributed by atoms with Gasteiger partial charge in [-0.05, 0) is 65.1 Å². The molecule has 1 aliphatic rings. The van der Waals surface area contributed by atoms with Crippen molar-refractivity contribution in [3.8, 4) is 5.75 Å². The Morgan fingerprint density at radius 3 is 2.41 bits per heavy atom. The molecule has 0 bridgehead atoms. The molecule has 2 heterocycles. The minimum atomic E-state index is -1.36. The lowest BCUT2D eigenvalue weighted by Gasteiger charge is -2.39. The van der Waals surface area contributed by atoms with Crippen LogP contribution in [0.2, 0.25) is 0 Å². The quantitative estimate of drug-likeness (QED) is 0.587. The van der Waals surface area contributed by atoms with Crippen molar-refractivity contribution in [3.05, 3.63) is 30.5 Å². The fraction of sp³-hybridized carbons (Fsp3) is 0.560. The van der Waals surface area contributed by atoms with Crippen LogP contribution in [0.4, 0.5) is 10.6 Å². The summed E-state index contributed by atoms with van der Waals surface area (Å²) in [4.78, 5) is 30.1. The maximum absolute atomic E-state index is 12.0. The summed E-state index contributed by atoms with van der Waals surface area (Å²) in [6.45, 7) is 12.6. The number of aliphatic hydroxyl groups is 1. The van der Waals surface area contributed by atoms with E-state index in [1.54, 1.807) is 44.0 Å². The first-order valence-electron chi connectivity index (χ1n) is 11.4. The molecule has 2 aromatic rings. The van der Waals surface area contributed by atoms with Crippen molar-refractivity contribution in [2.75, 3.05) is 31.6 Å². The number of ether oxygens (including phenoxy) is 3. The number of anilines is 1. The van der Waals surface area contributed by atoms with Gasteiger partial charge in [-0.25, -0.2) is 14.6 Å². The summed E-state index contributed by atoms with van der Waals surface area (Å²) in [6, 6.07) is 7.42. The molecular formula is C25H35N3O6. The number of aliphatic hydroxyl groups excluding tert-OH is 1. The largest absolute Gasteiger partial charge is 0.490 e. The average molecular weight is 474 g/mol. The van der Waals surface area contributed by atoms with Crippen LogP contribution in [0.3, 0.4) is 0 Å². The number of carbonyl (C=O) groups excluding carboxylic acids is 2. The van der Waals surface area contributed by atoms with E-state index in [0.29, 0.717) is 31.3 Å². The van der Waals surface area contributed by atoms with Gasteiger partial charge in [-0.15, -0.1) is 0 Å². The number of amides is 1. The summed E-state index contributed by atoms with van der Waals surface area (Å²) in [5, 5.41) is 15.1. The predicted octanol–water partition coefficient (Wildman–Crippen LogP) is 3.60. The first-order valence-corrected chi connectivity index (χ1v) is 11.4. The molecule has 1 amide bonds. The van der Waals surface area contributed by atoms with Gasteiger partial charge in [-0.2, -0.15) is 0 Å². The maximum atomic E-state index is 12.0. The van der Waals surface area contributed by atoms with Gasteiger partial charge in [0.1, 0.15) is 29.4 Å². The van der Waals surface area contributed by atoms with Gasteiger partial charge in [0.05, 0.1) is 0 Å². The zero-order chi connectivity index (χ0) is 25.1. The van der Waals surface area contributed by atoms with E-state index in [0.717, 1.165) is 16.6 Å². The third kappa shape index (κ3) is 7.48. The molecule has 1 aliphatic heterocycles. The van der Waals surface area contributed by atoms with Crippen LogP contribution < -0.4 is 10.1 Å². The Labute approximate surface area is 200 Å². The summed E-state index contributed by atoms with van der Waals surface area (Å²) in [6.07, 6.45) is 0.101. The summed E-state index contributed by atoms with van der Waals surface area (Å²) in [5.41, 5.74) is -1.16. The molecule has 9 nitrogen and oxygen atoms in total. The molecule has 2 N–H and O–H groups in total. The second kappa shape index (κ2) is 10.0. The number of likely N-dealkylation sites (tertiary alicyclic amines) is 1. The number of nitrogens with zero attached hydrogens (tertiary/aromatic N) is 2. The van der Waals surface area contributed by atoms with Crippen molar-refractivity contribution in [2.24, 2.45) is 5.92 Å². The molecule has 0 spiro atoms. The van der Waals surface area contributed by atoms with Crippen LogP contribution in [0.1, 0.15) is 41.5 Å².